The summed E-state index contributed by atoms with van der Waals surface area (Å²) in [6, 6.07) is 17.4. The van der Waals surface area contributed by atoms with Gasteiger partial charge in [0.2, 0.25) is 0 Å². The van der Waals surface area contributed by atoms with E-state index in [1.54, 1.807) is 0 Å². The molecular weight excluding hydrogens is 384 g/mol. The predicted octanol–water partition coefficient (Wildman–Crippen LogP) is 5.25. The molecule has 2 unspecified atom stereocenters. The molecule has 1 saturated heterocycles. The Morgan fingerprint density at radius 1 is 0.806 bits per heavy atom. The fourth-order valence-corrected chi connectivity index (χ4v) is 4.87. The summed E-state index contributed by atoms with van der Waals surface area (Å²) < 4.78 is 0. The van der Waals surface area contributed by atoms with E-state index >= 15 is 0 Å². The summed E-state index contributed by atoms with van der Waals surface area (Å²) in [6.07, 6.45) is 1.14. The summed E-state index contributed by atoms with van der Waals surface area (Å²) in [4.78, 5) is 30.8. The SMILES string of the molecule is CC1CC(C)CN(C2=C(c3ccccc3)C(=O)N(c3ccc(C(C)(C)C)cc3)C2=O)C1. The van der Waals surface area contributed by atoms with Crippen molar-refractivity contribution in [1.82, 2.24) is 4.90 Å². The first kappa shape index (κ1) is 21.4. The molecule has 4 nitrogen and oxygen atoms in total. The number of carbonyl (C=O) groups is 2. The fourth-order valence-electron chi connectivity index (χ4n) is 4.87. The summed E-state index contributed by atoms with van der Waals surface area (Å²) in [6.45, 7) is 12.5. The van der Waals surface area contributed by atoms with Crippen LogP contribution in [-0.2, 0) is 15.0 Å². The lowest BCUT2D eigenvalue weighted by Crippen LogP contribution is -2.42. The Hall–Kier alpha value is -2.88. The van der Waals surface area contributed by atoms with Gasteiger partial charge >= 0.3 is 0 Å². The summed E-state index contributed by atoms with van der Waals surface area (Å²) in [5, 5.41) is 0. The van der Waals surface area contributed by atoms with Crippen LogP contribution in [0.5, 0.6) is 0 Å². The Bertz CT molecular complexity index is 1010. The number of imide groups is 1. The molecule has 0 saturated carbocycles. The van der Waals surface area contributed by atoms with E-state index in [2.05, 4.69) is 39.5 Å². The first-order valence-corrected chi connectivity index (χ1v) is 11.2. The third-order valence-corrected chi connectivity index (χ3v) is 6.30. The fraction of sp³-hybridized carbons (Fsp3) is 0.407. The van der Waals surface area contributed by atoms with Crippen LogP contribution in [0.4, 0.5) is 5.69 Å². The van der Waals surface area contributed by atoms with Crippen LogP contribution < -0.4 is 4.90 Å². The van der Waals surface area contributed by atoms with Crippen LogP contribution in [0.3, 0.4) is 0 Å². The quantitative estimate of drug-likeness (QED) is 0.642. The molecule has 2 atom stereocenters. The second kappa shape index (κ2) is 7.99. The van der Waals surface area contributed by atoms with Gasteiger partial charge in [0.05, 0.1) is 11.3 Å². The molecule has 2 aromatic carbocycles. The zero-order valence-corrected chi connectivity index (χ0v) is 19.2. The number of rotatable bonds is 3. The van der Waals surface area contributed by atoms with Crippen molar-refractivity contribution in [2.75, 3.05) is 18.0 Å². The van der Waals surface area contributed by atoms with Crippen molar-refractivity contribution >= 4 is 23.1 Å². The van der Waals surface area contributed by atoms with Crippen LogP contribution in [0.2, 0.25) is 0 Å². The topological polar surface area (TPSA) is 40.6 Å². The summed E-state index contributed by atoms with van der Waals surface area (Å²) in [5.41, 5.74) is 3.68. The highest BCUT2D eigenvalue weighted by Crippen LogP contribution is 2.37. The van der Waals surface area contributed by atoms with Gasteiger partial charge in [0.25, 0.3) is 11.8 Å². The number of hydrogen-bond acceptors (Lipinski definition) is 3. The smallest absolute Gasteiger partial charge is 0.282 e. The molecule has 31 heavy (non-hydrogen) atoms. The van der Waals surface area contributed by atoms with Crippen LogP contribution >= 0.6 is 0 Å². The summed E-state index contributed by atoms with van der Waals surface area (Å²) >= 11 is 0. The molecule has 0 bridgehead atoms. The molecule has 162 valence electrons. The highest BCUT2D eigenvalue weighted by Gasteiger charge is 2.43. The maximum absolute atomic E-state index is 13.7. The van der Waals surface area contributed by atoms with E-state index in [4.69, 9.17) is 0 Å². The number of likely N-dealkylation sites (tertiary alicyclic amines) is 1. The van der Waals surface area contributed by atoms with Gasteiger partial charge in [0.1, 0.15) is 5.70 Å². The maximum atomic E-state index is 13.7. The largest absolute Gasteiger partial charge is 0.366 e. The van der Waals surface area contributed by atoms with Crippen LogP contribution in [0.25, 0.3) is 5.57 Å². The first-order valence-electron chi connectivity index (χ1n) is 11.2. The average Bonchev–Trinajstić information content (AvgIpc) is 2.97. The predicted molar refractivity (Wildman–Crippen MR) is 126 cm³/mol. The molecule has 0 spiro atoms. The zero-order valence-electron chi connectivity index (χ0n) is 19.2. The lowest BCUT2D eigenvalue weighted by molar-refractivity contribution is -0.120. The maximum Gasteiger partial charge on any atom is 0.282 e. The Balaban J connectivity index is 1.77. The minimum Gasteiger partial charge on any atom is -0.366 e. The van der Waals surface area contributed by atoms with Crippen molar-refractivity contribution in [2.24, 2.45) is 11.8 Å². The van der Waals surface area contributed by atoms with Crippen LogP contribution in [-0.4, -0.2) is 29.8 Å². The van der Waals surface area contributed by atoms with Gasteiger partial charge in [-0.3, -0.25) is 9.59 Å². The van der Waals surface area contributed by atoms with Crippen molar-refractivity contribution in [3.8, 4) is 0 Å². The van der Waals surface area contributed by atoms with E-state index in [1.807, 2.05) is 54.6 Å². The first-order chi connectivity index (χ1) is 14.7. The van der Waals surface area contributed by atoms with E-state index in [9.17, 15) is 9.59 Å². The van der Waals surface area contributed by atoms with Crippen molar-refractivity contribution in [1.29, 1.82) is 0 Å². The van der Waals surface area contributed by atoms with Gasteiger partial charge in [0, 0.05) is 13.1 Å². The van der Waals surface area contributed by atoms with E-state index in [1.165, 1.54) is 10.5 Å². The van der Waals surface area contributed by atoms with Crippen molar-refractivity contribution in [3.63, 3.8) is 0 Å². The second-order valence-corrected chi connectivity index (χ2v) is 10.2. The monoisotopic (exact) mass is 416 g/mol. The van der Waals surface area contributed by atoms with Gasteiger partial charge < -0.3 is 4.90 Å². The highest BCUT2D eigenvalue weighted by atomic mass is 16.2. The van der Waals surface area contributed by atoms with E-state index in [-0.39, 0.29) is 17.2 Å². The molecule has 0 radical (unpaired) electrons. The number of carbonyl (C=O) groups excluding carboxylic acids is 2. The Kier molecular flexibility index (Phi) is 5.50. The van der Waals surface area contributed by atoms with E-state index in [0.717, 1.165) is 25.1 Å². The minimum absolute atomic E-state index is 0.0102. The second-order valence-electron chi connectivity index (χ2n) is 10.2. The van der Waals surface area contributed by atoms with Crippen LogP contribution in [0, 0.1) is 11.8 Å². The lowest BCUT2D eigenvalue weighted by atomic mass is 9.87. The molecule has 1 fully saturated rings. The number of piperidine rings is 1. The van der Waals surface area contributed by atoms with Gasteiger partial charge in [-0.1, -0.05) is 77.1 Å². The van der Waals surface area contributed by atoms with E-state index < -0.39 is 0 Å². The van der Waals surface area contributed by atoms with Crippen LogP contribution in [0.1, 0.15) is 52.2 Å². The molecule has 2 aliphatic heterocycles. The lowest BCUT2D eigenvalue weighted by Gasteiger charge is -2.37. The number of anilines is 1. The third kappa shape index (κ3) is 4.04. The van der Waals surface area contributed by atoms with Crippen molar-refractivity contribution in [3.05, 3.63) is 71.4 Å². The molecule has 2 aromatic rings. The molecular formula is C27H32N2O2. The van der Waals surface area contributed by atoms with Gasteiger partial charge in [-0.05, 0) is 46.9 Å². The van der Waals surface area contributed by atoms with Gasteiger partial charge in [-0.2, -0.15) is 0 Å². The third-order valence-electron chi connectivity index (χ3n) is 6.30. The molecule has 0 N–H and O–H groups in total. The summed E-state index contributed by atoms with van der Waals surface area (Å²) in [7, 11) is 0. The zero-order chi connectivity index (χ0) is 22.3. The number of nitrogens with zero attached hydrogens (tertiary/aromatic N) is 2. The van der Waals surface area contributed by atoms with Crippen molar-refractivity contribution in [2.45, 2.75) is 46.5 Å². The van der Waals surface area contributed by atoms with Gasteiger partial charge in [-0.15, -0.1) is 0 Å². The molecule has 2 amide bonds. The molecule has 4 heteroatoms. The Morgan fingerprint density at radius 2 is 1.39 bits per heavy atom. The minimum atomic E-state index is -0.236. The summed E-state index contributed by atoms with van der Waals surface area (Å²) in [5.74, 6) is 0.516. The molecule has 0 aliphatic carbocycles. The van der Waals surface area contributed by atoms with Gasteiger partial charge in [0.15, 0.2) is 0 Å². The van der Waals surface area contributed by atoms with Crippen molar-refractivity contribution < 1.29 is 9.59 Å². The normalized spacial score (nSPS) is 22.5. The molecule has 0 aromatic heterocycles. The van der Waals surface area contributed by atoms with Gasteiger partial charge in [-0.25, -0.2) is 4.90 Å². The highest BCUT2D eigenvalue weighted by molar-refractivity contribution is 6.45. The average molecular weight is 417 g/mol. The Morgan fingerprint density at radius 3 is 1.94 bits per heavy atom. The Labute approximate surface area is 185 Å². The molecule has 4 rings (SSSR count). The molecule has 2 heterocycles. The standard InChI is InChI=1S/C27H32N2O2/c1-18-15-19(2)17-28(16-18)24-23(20-9-7-6-8-10-20)25(30)29(26(24)31)22-13-11-21(12-14-22)27(3,4)5/h6-14,18-19H,15-17H2,1-5H3. The van der Waals surface area contributed by atoms with Crippen LogP contribution in [0.15, 0.2) is 60.3 Å². The number of hydrogen-bond donors (Lipinski definition) is 0. The number of amides is 2. The molecule has 2 aliphatic rings. The number of benzene rings is 2. The van der Waals surface area contributed by atoms with E-state index in [0.29, 0.717) is 28.8 Å².